The molecule has 0 aliphatic heterocycles. The molecule has 1 aliphatic rings. The van der Waals surface area contributed by atoms with Crippen molar-refractivity contribution in [3.63, 3.8) is 0 Å². The van der Waals surface area contributed by atoms with Gasteiger partial charge in [-0.2, -0.15) is 0 Å². The maximum Gasteiger partial charge on any atom is 0.241 e. The van der Waals surface area contributed by atoms with Crippen LogP contribution in [0.5, 0.6) is 5.75 Å². The number of primary sulfonamides is 1. The van der Waals surface area contributed by atoms with Gasteiger partial charge in [0, 0.05) is 10.7 Å². The van der Waals surface area contributed by atoms with Gasteiger partial charge >= 0.3 is 0 Å². The number of nitrogens with two attached hydrogens (primary N) is 1. The molecule has 1 aliphatic carbocycles. The minimum atomic E-state index is -3.98. The number of nitrogens with one attached hydrogen (secondary N) is 1. The van der Waals surface area contributed by atoms with Crippen LogP contribution >= 0.6 is 11.6 Å². The predicted molar refractivity (Wildman–Crippen MR) is 100.0 cm³/mol. The number of benzene rings is 2. The van der Waals surface area contributed by atoms with Crippen LogP contribution in [-0.4, -0.2) is 21.4 Å². The highest BCUT2D eigenvalue weighted by Crippen LogP contribution is 2.45. The second-order valence-corrected chi connectivity index (χ2v) is 8.28. The zero-order valence-electron chi connectivity index (χ0n) is 14.2. The summed E-state index contributed by atoms with van der Waals surface area (Å²) in [5, 5.41) is 8.61. The minimum Gasteiger partial charge on any atom is -0.495 e. The molecule has 0 heterocycles. The summed E-state index contributed by atoms with van der Waals surface area (Å²) in [7, 11) is -2.63. The first-order valence-corrected chi connectivity index (χ1v) is 9.97. The van der Waals surface area contributed by atoms with E-state index in [9.17, 15) is 13.2 Å². The molecule has 3 N–H and O–H groups in total. The van der Waals surface area contributed by atoms with E-state index in [0.717, 1.165) is 12.0 Å². The van der Waals surface area contributed by atoms with Crippen LogP contribution in [0.15, 0.2) is 47.4 Å². The Morgan fingerprint density at radius 3 is 2.50 bits per heavy atom. The van der Waals surface area contributed by atoms with E-state index in [1.807, 2.05) is 12.1 Å². The van der Waals surface area contributed by atoms with E-state index in [4.69, 9.17) is 21.5 Å². The van der Waals surface area contributed by atoms with Crippen LogP contribution < -0.4 is 15.2 Å². The molecule has 0 unspecified atom stereocenters. The molecule has 26 heavy (non-hydrogen) atoms. The molecular formula is C18H19ClN2O4S. The summed E-state index contributed by atoms with van der Waals surface area (Å²) in [5.74, 6) is -0.0738. The summed E-state index contributed by atoms with van der Waals surface area (Å²) in [6.07, 6.45) is 2.35. The van der Waals surface area contributed by atoms with Gasteiger partial charge in [0.2, 0.25) is 15.9 Å². The van der Waals surface area contributed by atoms with Gasteiger partial charge in [0.1, 0.15) is 10.6 Å². The van der Waals surface area contributed by atoms with Crippen LogP contribution in [0.1, 0.15) is 24.8 Å². The van der Waals surface area contributed by atoms with Crippen molar-refractivity contribution in [3.8, 4) is 5.75 Å². The molecule has 3 rings (SSSR count). The Labute approximate surface area is 157 Å². The minimum absolute atomic E-state index is 0.124. The third-order valence-electron chi connectivity index (χ3n) is 4.75. The zero-order valence-corrected chi connectivity index (χ0v) is 15.7. The monoisotopic (exact) mass is 394 g/mol. The number of hydrogen-bond acceptors (Lipinski definition) is 4. The number of carbonyl (C=O) groups is 1. The van der Waals surface area contributed by atoms with Crippen molar-refractivity contribution in [2.75, 3.05) is 12.4 Å². The van der Waals surface area contributed by atoms with Crippen molar-refractivity contribution in [2.45, 2.75) is 29.6 Å². The van der Waals surface area contributed by atoms with Crippen molar-refractivity contribution in [2.24, 2.45) is 5.14 Å². The number of sulfonamides is 1. The Morgan fingerprint density at radius 2 is 1.96 bits per heavy atom. The van der Waals surface area contributed by atoms with Crippen molar-refractivity contribution in [1.82, 2.24) is 0 Å². The fourth-order valence-corrected chi connectivity index (χ4v) is 4.10. The second-order valence-electron chi connectivity index (χ2n) is 6.31. The van der Waals surface area contributed by atoms with Gasteiger partial charge in [0.25, 0.3) is 0 Å². The Hall–Kier alpha value is -2.09. The first kappa shape index (κ1) is 18.7. The smallest absolute Gasteiger partial charge is 0.241 e. The lowest BCUT2D eigenvalue weighted by Crippen LogP contribution is -2.46. The highest BCUT2D eigenvalue weighted by Gasteiger charge is 2.45. The number of hydrogen-bond donors (Lipinski definition) is 2. The van der Waals surface area contributed by atoms with Gasteiger partial charge < -0.3 is 10.1 Å². The van der Waals surface area contributed by atoms with Gasteiger partial charge in [-0.25, -0.2) is 13.6 Å². The molecule has 1 saturated carbocycles. The molecule has 2 aromatic carbocycles. The summed E-state index contributed by atoms with van der Waals surface area (Å²) in [4.78, 5) is 12.8. The summed E-state index contributed by atoms with van der Waals surface area (Å²) >= 11 is 6.08. The van der Waals surface area contributed by atoms with Gasteiger partial charge in [-0.05, 0) is 48.7 Å². The van der Waals surface area contributed by atoms with E-state index in [1.54, 1.807) is 18.2 Å². The normalized spacial score (nSPS) is 15.8. The van der Waals surface area contributed by atoms with Gasteiger partial charge in [-0.15, -0.1) is 0 Å². The number of carbonyl (C=O) groups excluding carboxylic acids is 1. The highest BCUT2D eigenvalue weighted by atomic mass is 35.5. The van der Waals surface area contributed by atoms with Crippen molar-refractivity contribution in [1.29, 1.82) is 0 Å². The van der Waals surface area contributed by atoms with Gasteiger partial charge in [-0.3, -0.25) is 4.79 Å². The molecule has 0 atom stereocenters. The number of rotatable bonds is 5. The maximum absolute atomic E-state index is 13.0. The Morgan fingerprint density at radius 1 is 1.23 bits per heavy atom. The molecule has 0 bridgehead atoms. The first-order chi connectivity index (χ1) is 12.3. The number of ether oxygens (including phenoxy) is 1. The largest absolute Gasteiger partial charge is 0.495 e. The second kappa shape index (κ2) is 6.90. The highest BCUT2D eigenvalue weighted by molar-refractivity contribution is 7.89. The van der Waals surface area contributed by atoms with Gasteiger partial charge in [0.05, 0.1) is 12.5 Å². The first-order valence-electron chi connectivity index (χ1n) is 8.05. The average molecular weight is 395 g/mol. The van der Waals surface area contributed by atoms with Crippen LogP contribution in [0.4, 0.5) is 5.69 Å². The predicted octanol–water partition coefficient (Wildman–Crippen LogP) is 3.06. The van der Waals surface area contributed by atoms with Gasteiger partial charge in [-0.1, -0.05) is 30.2 Å². The van der Waals surface area contributed by atoms with E-state index >= 15 is 0 Å². The quantitative estimate of drug-likeness (QED) is 0.814. The SMILES string of the molecule is COc1ccc(NC(=O)C2(c3cccc(Cl)c3)CCC2)cc1S(N)(=O)=O. The lowest BCUT2D eigenvalue weighted by atomic mass is 9.64. The molecule has 2 aromatic rings. The van der Waals surface area contributed by atoms with Crippen molar-refractivity contribution >= 4 is 33.2 Å². The van der Waals surface area contributed by atoms with Crippen LogP contribution in [0.3, 0.4) is 0 Å². The molecule has 6 nitrogen and oxygen atoms in total. The molecule has 0 saturated heterocycles. The molecule has 0 spiro atoms. The molecule has 1 amide bonds. The van der Waals surface area contributed by atoms with Crippen LogP contribution in [0, 0.1) is 0 Å². The zero-order chi connectivity index (χ0) is 18.9. The Balaban J connectivity index is 1.92. The van der Waals surface area contributed by atoms with E-state index in [0.29, 0.717) is 23.6 Å². The lowest BCUT2D eigenvalue weighted by molar-refractivity contribution is -0.124. The number of halogens is 1. The van der Waals surface area contributed by atoms with E-state index in [2.05, 4.69) is 5.32 Å². The summed E-state index contributed by atoms with van der Waals surface area (Å²) in [6, 6.07) is 11.6. The van der Waals surface area contributed by atoms with E-state index in [-0.39, 0.29) is 16.6 Å². The van der Waals surface area contributed by atoms with Gasteiger partial charge in [0.15, 0.2) is 0 Å². The van der Waals surface area contributed by atoms with E-state index < -0.39 is 15.4 Å². The van der Waals surface area contributed by atoms with Crippen LogP contribution in [0.2, 0.25) is 5.02 Å². The molecule has 0 aromatic heterocycles. The molecule has 1 fully saturated rings. The molecule has 138 valence electrons. The number of anilines is 1. The average Bonchev–Trinajstić information content (AvgIpc) is 2.53. The molecule has 8 heteroatoms. The number of amides is 1. The standard InChI is InChI=1S/C18H19ClN2O4S/c1-25-15-7-6-14(11-16(15)26(20,23)24)21-17(22)18(8-3-9-18)12-4-2-5-13(19)10-12/h2,4-7,10-11H,3,8-9H2,1H3,(H,21,22)(H2,20,23,24). The maximum atomic E-state index is 13.0. The fraction of sp³-hybridized carbons (Fsp3) is 0.278. The Bertz CT molecular complexity index is 955. The summed E-state index contributed by atoms with van der Waals surface area (Å²) in [6.45, 7) is 0. The van der Waals surface area contributed by atoms with Crippen molar-refractivity contribution in [3.05, 3.63) is 53.1 Å². The molecule has 0 radical (unpaired) electrons. The molecular weight excluding hydrogens is 376 g/mol. The fourth-order valence-electron chi connectivity index (χ4n) is 3.19. The van der Waals surface area contributed by atoms with Crippen LogP contribution in [0.25, 0.3) is 0 Å². The number of methoxy groups -OCH3 is 1. The summed E-state index contributed by atoms with van der Waals surface area (Å²) in [5.41, 5.74) is 0.536. The van der Waals surface area contributed by atoms with Crippen molar-refractivity contribution < 1.29 is 17.9 Å². The topological polar surface area (TPSA) is 98.5 Å². The summed E-state index contributed by atoms with van der Waals surface area (Å²) < 4.78 is 28.5. The lowest BCUT2D eigenvalue weighted by Gasteiger charge is -2.40. The third-order valence-corrected chi connectivity index (χ3v) is 5.91. The third kappa shape index (κ3) is 3.42. The Kier molecular flexibility index (Phi) is 4.96. The van der Waals surface area contributed by atoms with Crippen LogP contribution in [-0.2, 0) is 20.2 Å². The van der Waals surface area contributed by atoms with E-state index in [1.165, 1.54) is 19.2 Å².